The summed E-state index contributed by atoms with van der Waals surface area (Å²) in [6.07, 6.45) is 1.15. The SMILES string of the molecule is Nc1ccc(N2CC(O)CC2=O)cn1. The maximum absolute atomic E-state index is 11.4. The Labute approximate surface area is 81.2 Å². The van der Waals surface area contributed by atoms with Gasteiger partial charge in [-0.1, -0.05) is 0 Å². The van der Waals surface area contributed by atoms with Crippen molar-refractivity contribution < 1.29 is 9.90 Å². The fraction of sp³-hybridized carbons (Fsp3) is 0.333. The van der Waals surface area contributed by atoms with Crippen LogP contribution in [0, 0.1) is 0 Å². The van der Waals surface area contributed by atoms with Crippen molar-refractivity contribution in [1.29, 1.82) is 0 Å². The first-order valence-electron chi connectivity index (χ1n) is 4.37. The van der Waals surface area contributed by atoms with Gasteiger partial charge >= 0.3 is 0 Å². The van der Waals surface area contributed by atoms with Crippen LogP contribution in [-0.4, -0.2) is 28.6 Å². The number of hydrogen-bond donors (Lipinski definition) is 2. The average Bonchev–Trinajstić information content (AvgIpc) is 2.47. The zero-order chi connectivity index (χ0) is 10.1. The molecule has 5 heteroatoms. The lowest BCUT2D eigenvalue weighted by Crippen LogP contribution is -2.25. The molecule has 0 radical (unpaired) electrons. The number of β-amino-alcohol motifs (C(OH)–C–C–N with tert-alkyl or cyclic N) is 1. The van der Waals surface area contributed by atoms with Gasteiger partial charge in [0.05, 0.1) is 31.0 Å². The molecule has 2 heterocycles. The van der Waals surface area contributed by atoms with Gasteiger partial charge in [0, 0.05) is 0 Å². The third-order valence-electron chi connectivity index (χ3n) is 2.19. The molecule has 0 saturated carbocycles. The standard InChI is InChI=1S/C9H11N3O2/c10-8-2-1-6(4-11-8)12-5-7(13)3-9(12)14/h1-2,4,7,13H,3,5H2,(H2,10,11). The molecular formula is C9H11N3O2. The van der Waals surface area contributed by atoms with E-state index in [1.165, 1.54) is 11.1 Å². The number of anilines is 2. The van der Waals surface area contributed by atoms with Crippen LogP contribution in [-0.2, 0) is 4.79 Å². The van der Waals surface area contributed by atoms with Crippen molar-refractivity contribution in [3.63, 3.8) is 0 Å². The maximum Gasteiger partial charge on any atom is 0.229 e. The number of aliphatic hydroxyl groups is 1. The fourth-order valence-corrected chi connectivity index (χ4v) is 1.50. The molecule has 1 aromatic rings. The number of nitrogen functional groups attached to an aromatic ring is 1. The molecular weight excluding hydrogens is 182 g/mol. The Bertz CT molecular complexity index is 350. The first kappa shape index (κ1) is 8.96. The molecule has 1 aliphatic heterocycles. The molecule has 1 atom stereocenters. The van der Waals surface area contributed by atoms with E-state index in [-0.39, 0.29) is 12.3 Å². The van der Waals surface area contributed by atoms with Crippen LogP contribution >= 0.6 is 0 Å². The molecule has 0 bridgehead atoms. The summed E-state index contributed by atoms with van der Waals surface area (Å²) < 4.78 is 0. The Kier molecular flexibility index (Phi) is 2.09. The van der Waals surface area contributed by atoms with Gasteiger partial charge in [-0.05, 0) is 12.1 Å². The van der Waals surface area contributed by atoms with E-state index in [4.69, 9.17) is 5.73 Å². The highest BCUT2D eigenvalue weighted by atomic mass is 16.3. The summed E-state index contributed by atoms with van der Waals surface area (Å²) in [4.78, 5) is 16.8. The van der Waals surface area contributed by atoms with Crippen LogP contribution in [0.1, 0.15) is 6.42 Å². The van der Waals surface area contributed by atoms with E-state index >= 15 is 0 Å². The van der Waals surface area contributed by atoms with Crippen molar-refractivity contribution in [2.24, 2.45) is 0 Å². The highest BCUT2D eigenvalue weighted by molar-refractivity contribution is 5.95. The van der Waals surface area contributed by atoms with Gasteiger partial charge in [0.25, 0.3) is 0 Å². The van der Waals surface area contributed by atoms with Crippen LogP contribution in [0.3, 0.4) is 0 Å². The number of amides is 1. The molecule has 1 unspecified atom stereocenters. The normalized spacial score (nSPS) is 21.6. The lowest BCUT2D eigenvalue weighted by atomic mass is 10.3. The predicted octanol–water partition coefficient (Wildman–Crippen LogP) is -0.239. The zero-order valence-corrected chi connectivity index (χ0v) is 7.55. The molecule has 3 N–H and O–H groups in total. The summed E-state index contributed by atoms with van der Waals surface area (Å²) in [5, 5.41) is 9.28. The number of carbonyl (C=O) groups excluding carboxylic acids is 1. The summed E-state index contributed by atoms with van der Waals surface area (Å²) in [6, 6.07) is 3.35. The topological polar surface area (TPSA) is 79.5 Å². The number of hydrogen-bond acceptors (Lipinski definition) is 4. The summed E-state index contributed by atoms with van der Waals surface area (Å²) in [5.41, 5.74) is 6.10. The highest BCUT2D eigenvalue weighted by Crippen LogP contribution is 2.20. The van der Waals surface area contributed by atoms with Crippen LogP contribution in [0.2, 0.25) is 0 Å². The van der Waals surface area contributed by atoms with Gasteiger partial charge in [-0.15, -0.1) is 0 Å². The maximum atomic E-state index is 11.4. The highest BCUT2D eigenvalue weighted by Gasteiger charge is 2.28. The molecule has 0 aromatic carbocycles. The van der Waals surface area contributed by atoms with Gasteiger partial charge in [0.1, 0.15) is 5.82 Å². The van der Waals surface area contributed by atoms with Gasteiger partial charge in [-0.3, -0.25) is 4.79 Å². The average molecular weight is 193 g/mol. The Morgan fingerprint density at radius 3 is 2.86 bits per heavy atom. The number of carbonyl (C=O) groups is 1. The van der Waals surface area contributed by atoms with Crippen LogP contribution in [0.25, 0.3) is 0 Å². The minimum atomic E-state index is -0.569. The molecule has 1 fully saturated rings. The fourth-order valence-electron chi connectivity index (χ4n) is 1.50. The quantitative estimate of drug-likeness (QED) is 0.645. The Balaban J connectivity index is 2.23. The smallest absolute Gasteiger partial charge is 0.229 e. The number of pyridine rings is 1. The van der Waals surface area contributed by atoms with Crippen molar-refractivity contribution >= 4 is 17.4 Å². The molecule has 0 spiro atoms. The predicted molar refractivity (Wildman–Crippen MR) is 51.6 cm³/mol. The molecule has 0 aliphatic carbocycles. The molecule has 1 aromatic heterocycles. The van der Waals surface area contributed by atoms with Crippen LogP contribution < -0.4 is 10.6 Å². The number of aromatic nitrogens is 1. The molecule has 2 rings (SSSR count). The number of rotatable bonds is 1. The first-order chi connectivity index (χ1) is 6.66. The Morgan fingerprint density at radius 2 is 2.36 bits per heavy atom. The van der Waals surface area contributed by atoms with Gasteiger partial charge in [-0.25, -0.2) is 4.98 Å². The van der Waals surface area contributed by atoms with Gasteiger partial charge in [-0.2, -0.15) is 0 Å². The lowest BCUT2D eigenvalue weighted by molar-refractivity contribution is -0.117. The lowest BCUT2D eigenvalue weighted by Gasteiger charge is -2.14. The van der Waals surface area contributed by atoms with E-state index in [0.717, 1.165) is 0 Å². The summed E-state index contributed by atoms with van der Waals surface area (Å²) >= 11 is 0. The monoisotopic (exact) mass is 193 g/mol. The molecule has 5 nitrogen and oxygen atoms in total. The largest absolute Gasteiger partial charge is 0.391 e. The number of aliphatic hydroxyl groups excluding tert-OH is 1. The van der Waals surface area contributed by atoms with Crippen LogP contribution in [0.4, 0.5) is 11.5 Å². The third-order valence-corrected chi connectivity index (χ3v) is 2.19. The van der Waals surface area contributed by atoms with E-state index < -0.39 is 6.10 Å². The van der Waals surface area contributed by atoms with Gasteiger partial charge in [0.15, 0.2) is 0 Å². The van der Waals surface area contributed by atoms with E-state index in [1.807, 2.05) is 0 Å². The minimum Gasteiger partial charge on any atom is -0.391 e. The molecule has 1 amide bonds. The summed E-state index contributed by atoms with van der Waals surface area (Å²) in [6.45, 7) is 0.338. The molecule has 1 saturated heterocycles. The van der Waals surface area contributed by atoms with E-state index in [1.54, 1.807) is 12.1 Å². The summed E-state index contributed by atoms with van der Waals surface area (Å²) in [7, 11) is 0. The van der Waals surface area contributed by atoms with Crippen molar-refractivity contribution in [1.82, 2.24) is 4.98 Å². The Hall–Kier alpha value is -1.62. The van der Waals surface area contributed by atoms with Crippen molar-refractivity contribution in [3.05, 3.63) is 18.3 Å². The van der Waals surface area contributed by atoms with Crippen LogP contribution in [0.15, 0.2) is 18.3 Å². The molecule has 14 heavy (non-hydrogen) atoms. The Morgan fingerprint density at radius 1 is 1.57 bits per heavy atom. The number of nitrogens with zero attached hydrogens (tertiary/aromatic N) is 2. The van der Waals surface area contributed by atoms with E-state index in [2.05, 4.69) is 4.98 Å². The third kappa shape index (κ3) is 1.54. The number of nitrogens with two attached hydrogens (primary N) is 1. The second-order valence-electron chi connectivity index (χ2n) is 3.30. The molecule has 74 valence electrons. The second kappa shape index (κ2) is 3.26. The van der Waals surface area contributed by atoms with Gasteiger partial charge < -0.3 is 15.7 Å². The first-order valence-corrected chi connectivity index (χ1v) is 4.37. The van der Waals surface area contributed by atoms with E-state index in [0.29, 0.717) is 18.1 Å². The van der Waals surface area contributed by atoms with Crippen LogP contribution in [0.5, 0.6) is 0 Å². The summed E-state index contributed by atoms with van der Waals surface area (Å²) in [5.74, 6) is 0.338. The molecule has 1 aliphatic rings. The zero-order valence-electron chi connectivity index (χ0n) is 7.55. The van der Waals surface area contributed by atoms with Crippen molar-refractivity contribution in [2.45, 2.75) is 12.5 Å². The minimum absolute atomic E-state index is 0.0796. The second-order valence-corrected chi connectivity index (χ2v) is 3.30. The van der Waals surface area contributed by atoms with E-state index in [9.17, 15) is 9.90 Å². The van der Waals surface area contributed by atoms with Crippen molar-refractivity contribution in [3.8, 4) is 0 Å². The van der Waals surface area contributed by atoms with Crippen molar-refractivity contribution in [2.75, 3.05) is 17.2 Å². The van der Waals surface area contributed by atoms with Gasteiger partial charge in [0.2, 0.25) is 5.91 Å².